The Bertz CT molecular complexity index is 813. The van der Waals surface area contributed by atoms with Gasteiger partial charge in [-0.05, 0) is 42.5 Å². The van der Waals surface area contributed by atoms with Crippen molar-refractivity contribution in [2.24, 2.45) is 0 Å². The standard InChI is InChI=1S/C17H13ClN2O3/c1-23-12-5-2-10(3-6-12)16(21)9-15-17(22)20-14-8-11(18)4-7-13(14)19-15/h2-9,19H,1H3,(H,20,22)/b15-9-. The number of fused-ring (bicyclic) bond motifs is 1. The van der Waals surface area contributed by atoms with E-state index in [0.717, 1.165) is 0 Å². The SMILES string of the molecule is COc1ccc(C(=O)/C=C2\Nc3ccc(Cl)cc3NC2=O)cc1. The Morgan fingerprint density at radius 2 is 1.83 bits per heavy atom. The lowest BCUT2D eigenvalue weighted by atomic mass is 10.1. The van der Waals surface area contributed by atoms with Crippen molar-refractivity contribution in [3.05, 3.63) is 64.8 Å². The fraction of sp³-hybridized carbons (Fsp3) is 0.0588. The van der Waals surface area contributed by atoms with Gasteiger partial charge in [-0.15, -0.1) is 0 Å². The number of allylic oxidation sites excluding steroid dienone is 1. The third-order valence-electron chi connectivity index (χ3n) is 3.39. The first kappa shape index (κ1) is 15.1. The van der Waals surface area contributed by atoms with E-state index < -0.39 is 0 Å². The van der Waals surface area contributed by atoms with E-state index >= 15 is 0 Å². The summed E-state index contributed by atoms with van der Waals surface area (Å²) in [6.07, 6.45) is 1.27. The maximum absolute atomic E-state index is 12.3. The van der Waals surface area contributed by atoms with Gasteiger partial charge in [-0.25, -0.2) is 0 Å². The molecule has 1 amide bonds. The van der Waals surface area contributed by atoms with E-state index in [9.17, 15) is 9.59 Å². The molecule has 1 heterocycles. The molecule has 0 saturated heterocycles. The molecule has 0 unspecified atom stereocenters. The van der Waals surface area contributed by atoms with Crippen molar-refractivity contribution in [3.63, 3.8) is 0 Å². The van der Waals surface area contributed by atoms with Crippen LogP contribution in [-0.2, 0) is 4.79 Å². The van der Waals surface area contributed by atoms with Crippen LogP contribution in [0.15, 0.2) is 54.2 Å². The number of carbonyl (C=O) groups is 2. The summed E-state index contributed by atoms with van der Waals surface area (Å²) in [6.45, 7) is 0. The highest BCUT2D eigenvalue weighted by Crippen LogP contribution is 2.30. The van der Waals surface area contributed by atoms with Gasteiger partial charge in [0.2, 0.25) is 0 Å². The summed E-state index contributed by atoms with van der Waals surface area (Å²) >= 11 is 5.89. The first-order valence-corrected chi connectivity index (χ1v) is 7.22. The van der Waals surface area contributed by atoms with Crippen LogP contribution in [0.5, 0.6) is 5.75 Å². The number of nitrogens with one attached hydrogen (secondary N) is 2. The molecule has 0 radical (unpaired) electrons. The van der Waals surface area contributed by atoms with Crippen LogP contribution in [0.4, 0.5) is 11.4 Å². The Hall–Kier alpha value is -2.79. The first-order valence-electron chi connectivity index (χ1n) is 6.85. The number of amides is 1. The second-order valence-corrected chi connectivity index (χ2v) is 5.36. The van der Waals surface area contributed by atoms with Gasteiger partial charge in [0.05, 0.1) is 18.5 Å². The molecule has 6 heteroatoms. The summed E-state index contributed by atoms with van der Waals surface area (Å²) in [7, 11) is 1.55. The second kappa shape index (κ2) is 6.14. The number of anilines is 2. The zero-order valence-corrected chi connectivity index (χ0v) is 13.0. The molecule has 1 aliphatic rings. The molecule has 0 fully saturated rings. The minimum atomic E-state index is -0.387. The number of ketones is 1. The number of ether oxygens (including phenoxy) is 1. The Balaban J connectivity index is 1.85. The summed E-state index contributed by atoms with van der Waals surface area (Å²) in [5.41, 5.74) is 1.91. The van der Waals surface area contributed by atoms with Crippen molar-refractivity contribution in [2.45, 2.75) is 0 Å². The zero-order valence-electron chi connectivity index (χ0n) is 12.2. The molecule has 0 spiro atoms. The molecule has 3 rings (SSSR count). The molecule has 2 aromatic carbocycles. The maximum atomic E-state index is 12.3. The van der Waals surface area contributed by atoms with Crippen LogP contribution < -0.4 is 15.4 Å². The van der Waals surface area contributed by atoms with Crippen LogP contribution in [-0.4, -0.2) is 18.8 Å². The summed E-state index contributed by atoms with van der Waals surface area (Å²) in [4.78, 5) is 24.3. The number of hydrogen-bond donors (Lipinski definition) is 2. The van der Waals surface area contributed by atoms with Crippen LogP contribution in [0.1, 0.15) is 10.4 Å². The molecule has 2 aromatic rings. The molecule has 2 N–H and O–H groups in total. The summed E-state index contributed by atoms with van der Waals surface area (Å²) in [5, 5.41) is 6.16. The first-order chi connectivity index (χ1) is 11.1. The van der Waals surface area contributed by atoms with Crippen LogP contribution in [0.25, 0.3) is 0 Å². The van der Waals surface area contributed by atoms with Gasteiger partial charge in [-0.1, -0.05) is 11.6 Å². The van der Waals surface area contributed by atoms with E-state index in [1.807, 2.05) is 0 Å². The average Bonchev–Trinajstić information content (AvgIpc) is 2.55. The number of rotatable bonds is 3. The van der Waals surface area contributed by atoms with Gasteiger partial charge in [0, 0.05) is 16.7 Å². The average molecular weight is 329 g/mol. The Morgan fingerprint density at radius 3 is 2.52 bits per heavy atom. The minimum Gasteiger partial charge on any atom is -0.497 e. The summed E-state index contributed by atoms with van der Waals surface area (Å²) < 4.78 is 5.05. The van der Waals surface area contributed by atoms with E-state index in [1.54, 1.807) is 49.6 Å². The highest BCUT2D eigenvalue weighted by Gasteiger charge is 2.20. The molecule has 0 atom stereocenters. The maximum Gasteiger partial charge on any atom is 0.272 e. The van der Waals surface area contributed by atoms with Crippen molar-refractivity contribution in [1.29, 1.82) is 0 Å². The Morgan fingerprint density at radius 1 is 1.09 bits per heavy atom. The van der Waals surface area contributed by atoms with Crippen LogP contribution >= 0.6 is 11.6 Å². The van der Waals surface area contributed by atoms with Crippen molar-refractivity contribution in [2.75, 3.05) is 17.7 Å². The molecule has 23 heavy (non-hydrogen) atoms. The van der Waals surface area contributed by atoms with Crippen molar-refractivity contribution in [1.82, 2.24) is 0 Å². The molecule has 5 nitrogen and oxygen atoms in total. The minimum absolute atomic E-state index is 0.181. The Labute approximate surface area is 137 Å². The normalized spacial score (nSPS) is 14.7. The second-order valence-electron chi connectivity index (χ2n) is 4.92. The molecule has 0 aliphatic carbocycles. The fourth-order valence-corrected chi connectivity index (χ4v) is 2.36. The predicted molar refractivity (Wildman–Crippen MR) is 89.1 cm³/mol. The topological polar surface area (TPSA) is 67.4 Å². The number of methoxy groups -OCH3 is 1. The lowest BCUT2D eigenvalue weighted by Crippen LogP contribution is -2.26. The van der Waals surface area contributed by atoms with Crippen molar-refractivity contribution >= 4 is 34.7 Å². The van der Waals surface area contributed by atoms with Gasteiger partial charge < -0.3 is 15.4 Å². The number of halogens is 1. The van der Waals surface area contributed by atoms with Crippen LogP contribution in [0.2, 0.25) is 5.02 Å². The van der Waals surface area contributed by atoms with E-state index in [0.29, 0.717) is 27.7 Å². The van der Waals surface area contributed by atoms with Gasteiger partial charge in [-0.2, -0.15) is 0 Å². The predicted octanol–water partition coefficient (Wildman–Crippen LogP) is 3.48. The fourth-order valence-electron chi connectivity index (χ4n) is 2.19. The molecule has 0 aromatic heterocycles. The molecular formula is C17H13ClN2O3. The molecular weight excluding hydrogens is 316 g/mol. The summed E-state index contributed by atoms with van der Waals surface area (Å²) in [6, 6.07) is 11.8. The summed E-state index contributed by atoms with van der Waals surface area (Å²) in [5.74, 6) is -0.00196. The van der Waals surface area contributed by atoms with E-state index in [1.165, 1.54) is 6.08 Å². The smallest absolute Gasteiger partial charge is 0.272 e. The number of benzene rings is 2. The molecule has 1 aliphatic heterocycles. The third kappa shape index (κ3) is 3.19. The van der Waals surface area contributed by atoms with Crippen LogP contribution in [0, 0.1) is 0 Å². The van der Waals surface area contributed by atoms with Gasteiger partial charge in [0.25, 0.3) is 5.91 Å². The van der Waals surface area contributed by atoms with Gasteiger partial charge in [0.15, 0.2) is 5.78 Å². The molecule has 0 bridgehead atoms. The van der Waals surface area contributed by atoms with Crippen molar-refractivity contribution in [3.8, 4) is 5.75 Å². The van der Waals surface area contributed by atoms with Crippen LogP contribution in [0.3, 0.4) is 0 Å². The number of carbonyl (C=O) groups excluding carboxylic acids is 2. The lowest BCUT2D eigenvalue weighted by Gasteiger charge is -2.21. The van der Waals surface area contributed by atoms with Crippen molar-refractivity contribution < 1.29 is 14.3 Å². The third-order valence-corrected chi connectivity index (χ3v) is 3.63. The van der Waals surface area contributed by atoms with E-state index in [2.05, 4.69) is 10.6 Å². The quantitative estimate of drug-likeness (QED) is 0.668. The Kier molecular flexibility index (Phi) is 4.04. The lowest BCUT2D eigenvalue weighted by molar-refractivity contribution is -0.112. The largest absolute Gasteiger partial charge is 0.497 e. The van der Waals surface area contributed by atoms with E-state index in [4.69, 9.17) is 16.3 Å². The monoisotopic (exact) mass is 328 g/mol. The molecule has 0 saturated carbocycles. The number of hydrogen-bond acceptors (Lipinski definition) is 4. The highest BCUT2D eigenvalue weighted by molar-refractivity contribution is 6.31. The highest BCUT2D eigenvalue weighted by atomic mass is 35.5. The van der Waals surface area contributed by atoms with Gasteiger partial charge in [-0.3, -0.25) is 9.59 Å². The van der Waals surface area contributed by atoms with Gasteiger partial charge in [0.1, 0.15) is 11.4 Å². The van der Waals surface area contributed by atoms with E-state index in [-0.39, 0.29) is 17.4 Å². The zero-order chi connectivity index (χ0) is 16.4. The molecule has 116 valence electrons. The van der Waals surface area contributed by atoms with Gasteiger partial charge >= 0.3 is 0 Å².